The lowest BCUT2D eigenvalue weighted by Gasteiger charge is -1.98. The van der Waals surface area contributed by atoms with Crippen LogP contribution >= 0.6 is 9.39 Å². The van der Waals surface area contributed by atoms with Gasteiger partial charge >= 0.3 is 0 Å². The van der Waals surface area contributed by atoms with Gasteiger partial charge in [0.25, 0.3) is 0 Å². The van der Waals surface area contributed by atoms with Crippen molar-refractivity contribution >= 4 is 20.8 Å². The van der Waals surface area contributed by atoms with Crippen LogP contribution in [-0.4, -0.2) is 5.71 Å². The molecule has 1 N–H and O–H groups in total. The Morgan fingerprint density at radius 3 is 2.50 bits per heavy atom. The van der Waals surface area contributed by atoms with E-state index in [1.165, 1.54) is 0 Å². The van der Waals surface area contributed by atoms with Gasteiger partial charge < -0.3 is 5.09 Å². The van der Waals surface area contributed by atoms with Crippen LogP contribution < -0.4 is 5.09 Å². The molecule has 74 valence electrons. The SMILES string of the molecule is CC(/C=C(/C)NP)=Nc1ccccc1. The van der Waals surface area contributed by atoms with Gasteiger partial charge in [0, 0.05) is 11.4 Å². The number of hydrogen-bond acceptors (Lipinski definition) is 2. The van der Waals surface area contributed by atoms with Gasteiger partial charge in [0.2, 0.25) is 0 Å². The van der Waals surface area contributed by atoms with Crippen LogP contribution in [0.25, 0.3) is 0 Å². The number of rotatable bonds is 3. The van der Waals surface area contributed by atoms with Crippen LogP contribution in [0, 0.1) is 0 Å². The fraction of sp³-hybridized carbons (Fsp3) is 0.182. The van der Waals surface area contributed by atoms with Crippen molar-refractivity contribution in [2.45, 2.75) is 13.8 Å². The first-order chi connectivity index (χ1) is 6.72. The number of nitrogens with zero attached hydrogens (tertiary/aromatic N) is 1. The smallest absolute Gasteiger partial charge is 0.0632 e. The minimum atomic E-state index is 0.984. The van der Waals surface area contributed by atoms with Crippen molar-refractivity contribution in [3.63, 3.8) is 0 Å². The normalized spacial score (nSPS) is 12.8. The van der Waals surface area contributed by atoms with E-state index in [-0.39, 0.29) is 0 Å². The molecule has 0 aromatic heterocycles. The van der Waals surface area contributed by atoms with E-state index >= 15 is 0 Å². The highest BCUT2D eigenvalue weighted by molar-refractivity contribution is 7.14. The maximum atomic E-state index is 4.44. The van der Waals surface area contributed by atoms with E-state index in [9.17, 15) is 0 Å². The largest absolute Gasteiger partial charge is 0.373 e. The van der Waals surface area contributed by atoms with Crippen LogP contribution in [0.2, 0.25) is 0 Å². The second-order valence-electron chi connectivity index (χ2n) is 3.06. The summed E-state index contributed by atoms with van der Waals surface area (Å²) in [6, 6.07) is 9.93. The van der Waals surface area contributed by atoms with Gasteiger partial charge in [-0.1, -0.05) is 18.2 Å². The molecule has 1 atom stereocenters. The summed E-state index contributed by atoms with van der Waals surface area (Å²) in [6.45, 7) is 3.98. The molecule has 0 saturated carbocycles. The second kappa shape index (κ2) is 5.56. The molecular formula is C11H15N2P. The Labute approximate surface area is 87.4 Å². The molecule has 0 aliphatic carbocycles. The Bertz CT molecular complexity index is 342. The van der Waals surface area contributed by atoms with Crippen LogP contribution in [0.5, 0.6) is 0 Å². The predicted molar refractivity (Wildman–Crippen MR) is 65.8 cm³/mol. The lowest BCUT2D eigenvalue weighted by molar-refractivity contribution is 1.21. The average molecular weight is 206 g/mol. The third-order valence-corrected chi connectivity index (χ3v) is 2.17. The summed E-state index contributed by atoms with van der Waals surface area (Å²) in [4.78, 5) is 4.44. The minimum absolute atomic E-state index is 0.984. The number of hydrogen-bond donors (Lipinski definition) is 1. The molecule has 1 aromatic carbocycles. The quantitative estimate of drug-likeness (QED) is 0.596. The summed E-state index contributed by atoms with van der Waals surface area (Å²) in [6.07, 6.45) is 2.00. The first-order valence-corrected chi connectivity index (χ1v) is 5.05. The van der Waals surface area contributed by atoms with Gasteiger partial charge in [0.15, 0.2) is 0 Å². The van der Waals surface area contributed by atoms with Crippen molar-refractivity contribution in [2.75, 3.05) is 0 Å². The summed E-state index contributed by atoms with van der Waals surface area (Å²) >= 11 is 0. The van der Waals surface area contributed by atoms with Crippen molar-refractivity contribution in [1.82, 2.24) is 5.09 Å². The molecule has 0 aliphatic heterocycles. The van der Waals surface area contributed by atoms with Crippen LogP contribution in [0.3, 0.4) is 0 Å². The van der Waals surface area contributed by atoms with E-state index in [1.807, 2.05) is 50.3 Å². The predicted octanol–water partition coefficient (Wildman–Crippen LogP) is 3.06. The molecule has 0 amide bonds. The lowest BCUT2D eigenvalue weighted by atomic mass is 10.3. The molecule has 3 heteroatoms. The lowest BCUT2D eigenvalue weighted by Crippen LogP contribution is -1.96. The fourth-order valence-corrected chi connectivity index (χ4v) is 1.18. The van der Waals surface area contributed by atoms with Crippen LogP contribution in [0.1, 0.15) is 13.8 Å². The number of para-hydroxylation sites is 1. The highest BCUT2D eigenvalue weighted by atomic mass is 31.0. The zero-order valence-corrected chi connectivity index (χ0v) is 9.64. The number of aliphatic imine (C=N–C) groups is 1. The van der Waals surface area contributed by atoms with Crippen molar-refractivity contribution < 1.29 is 0 Å². The van der Waals surface area contributed by atoms with Crippen molar-refractivity contribution in [1.29, 1.82) is 0 Å². The minimum Gasteiger partial charge on any atom is -0.373 e. The summed E-state index contributed by atoms with van der Waals surface area (Å²) in [7, 11) is 2.46. The summed E-state index contributed by atoms with van der Waals surface area (Å²) in [5.74, 6) is 0. The molecule has 0 aliphatic rings. The van der Waals surface area contributed by atoms with Gasteiger partial charge in [0.1, 0.15) is 0 Å². The Morgan fingerprint density at radius 1 is 1.29 bits per heavy atom. The van der Waals surface area contributed by atoms with Crippen LogP contribution in [0.15, 0.2) is 47.1 Å². The van der Waals surface area contributed by atoms with Gasteiger partial charge in [-0.2, -0.15) is 0 Å². The van der Waals surface area contributed by atoms with Gasteiger partial charge in [-0.3, -0.25) is 4.99 Å². The Kier molecular flexibility index (Phi) is 4.34. The number of benzene rings is 1. The van der Waals surface area contributed by atoms with Crippen molar-refractivity contribution in [3.05, 3.63) is 42.1 Å². The Morgan fingerprint density at radius 2 is 1.93 bits per heavy atom. The molecule has 14 heavy (non-hydrogen) atoms. The third-order valence-electron chi connectivity index (χ3n) is 1.71. The maximum absolute atomic E-state index is 4.44. The molecule has 1 aromatic rings. The van der Waals surface area contributed by atoms with E-state index in [0.29, 0.717) is 0 Å². The van der Waals surface area contributed by atoms with Gasteiger partial charge in [-0.15, -0.1) is 0 Å². The zero-order valence-electron chi connectivity index (χ0n) is 8.49. The zero-order chi connectivity index (χ0) is 10.4. The molecule has 1 unspecified atom stereocenters. The van der Waals surface area contributed by atoms with Crippen LogP contribution in [0.4, 0.5) is 5.69 Å². The standard InChI is InChI=1S/C11H15N2P/c1-9(8-10(2)13-14)12-11-6-4-3-5-7-11/h3-8,13H,14H2,1-2H3/b10-8-,12-9?. The Hall–Kier alpha value is -1.14. The molecule has 0 radical (unpaired) electrons. The number of allylic oxidation sites excluding steroid dienone is 2. The van der Waals surface area contributed by atoms with E-state index in [2.05, 4.69) is 19.5 Å². The first kappa shape index (κ1) is 10.9. The molecule has 2 nitrogen and oxygen atoms in total. The number of nitrogens with one attached hydrogen (secondary N) is 1. The maximum Gasteiger partial charge on any atom is 0.0632 e. The van der Waals surface area contributed by atoms with E-state index < -0.39 is 0 Å². The molecule has 0 bridgehead atoms. The van der Waals surface area contributed by atoms with Gasteiger partial charge in [-0.05, 0) is 41.4 Å². The van der Waals surface area contributed by atoms with Crippen LogP contribution in [-0.2, 0) is 0 Å². The van der Waals surface area contributed by atoms with E-state index in [1.54, 1.807) is 0 Å². The molecule has 1 rings (SSSR count). The topological polar surface area (TPSA) is 24.4 Å². The van der Waals surface area contributed by atoms with Gasteiger partial charge in [0.05, 0.1) is 5.69 Å². The van der Waals surface area contributed by atoms with E-state index in [4.69, 9.17) is 0 Å². The molecule has 0 saturated heterocycles. The van der Waals surface area contributed by atoms with Crippen molar-refractivity contribution in [2.24, 2.45) is 4.99 Å². The molecule has 0 spiro atoms. The average Bonchev–Trinajstić information content (AvgIpc) is 2.19. The van der Waals surface area contributed by atoms with Crippen molar-refractivity contribution in [3.8, 4) is 0 Å². The monoisotopic (exact) mass is 206 g/mol. The van der Waals surface area contributed by atoms with E-state index in [0.717, 1.165) is 17.1 Å². The summed E-state index contributed by atoms with van der Waals surface area (Å²) < 4.78 is 0. The molecule has 0 fully saturated rings. The highest BCUT2D eigenvalue weighted by Gasteiger charge is 1.89. The second-order valence-corrected chi connectivity index (χ2v) is 3.35. The molecular weight excluding hydrogens is 191 g/mol. The summed E-state index contributed by atoms with van der Waals surface area (Å²) in [5, 5.41) is 2.98. The highest BCUT2D eigenvalue weighted by Crippen LogP contribution is 2.10. The third kappa shape index (κ3) is 3.71. The first-order valence-electron chi connectivity index (χ1n) is 4.47. The summed E-state index contributed by atoms with van der Waals surface area (Å²) in [5.41, 5.74) is 3.05. The fourth-order valence-electron chi connectivity index (χ4n) is 1.09. The Balaban J connectivity index is 2.79. The van der Waals surface area contributed by atoms with Gasteiger partial charge in [-0.25, -0.2) is 0 Å². The molecule has 0 heterocycles.